The Balaban J connectivity index is 2.08. The fourth-order valence-corrected chi connectivity index (χ4v) is 5.83. The number of nitrogens with zero attached hydrogens (tertiary/aromatic N) is 2. The number of carboxylic acid groups (broad SMARTS) is 1. The van der Waals surface area contributed by atoms with Crippen LogP contribution in [-0.2, 0) is 19.1 Å². The zero-order chi connectivity index (χ0) is 20.1. The molecule has 6 atom stereocenters. The Morgan fingerprint density at radius 1 is 1.52 bits per heavy atom. The van der Waals surface area contributed by atoms with E-state index in [0.717, 1.165) is 0 Å². The van der Waals surface area contributed by atoms with Gasteiger partial charge in [-0.05, 0) is 20.3 Å². The quantitative estimate of drug-likeness (QED) is 0.430. The van der Waals surface area contributed by atoms with Crippen LogP contribution in [0.5, 0.6) is 0 Å². The average molecular weight is 445 g/mol. The first-order valence-corrected chi connectivity index (χ1v) is 10.00. The van der Waals surface area contributed by atoms with Crippen LogP contribution >= 0.6 is 15.9 Å². The van der Waals surface area contributed by atoms with Gasteiger partial charge in [-0.2, -0.15) is 0 Å². The molecule has 0 aromatic rings. The molecule has 0 aromatic heterocycles. The molecule has 3 unspecified atom stereocenters. The third-order valence-electron chi connectivity index (χ3n) is 5.88. The number of carbonyl (C=O) groups is 3. The summed E-state index contributed by atoms with van der Waals surface area (Å²) in [5.41, 5.74) is -1.19. The first-order chi connectivity index (χ1) is 12.7. The molecule has 1 spiro atoms. The van der Waals surface area contributed by atoms with Crippen LogP contribution in [0.1, 0.15) is 20.3 Å². The van der Waals surface area contributed by atoms with Gasteiger partial charge in [-0.25, -0.2) is 0 Å². The number of halogens is 1. The van der Waals surface area contributed by atoms with E-state index in [4.69, 9.17) is 4.74 Å². The van der Waals surface area contributed by atoms with Gasteiger partial charge in [-0.1, -0.05) is 22.0 Å². The summed E-state index contributed by atoms with van der Waals surface area (Å²) in [6.45, 7) is 7.37. The number of aliphatic hydroxyl groups is 1. The molecule has 3 rings (SSSR count). The first kappa shape index (κ1) is 20.3. The highest BCUT2D eigenvalue weighted by Gasteiger charge is 2.76. The minimum absolute atomic E-state index is 0.0408. The topological polar surface area (TPSA) is 107 Å². The summed E-state index contributed by atoms with van der Waals surface area (Å²) in [4.78, 5) is 41.1. The van der Waals surface area contributed by atoms with Crippen LogP contribution in [0.15, 0.2) is 12.7 Å². The van der Waals surface area contributed by atoms with Crippen molar-refractivity contribution in [2.45, 2.75) is 48.9 Å². The lowest BCUT2D eigenvalue weighted by Crippen LogP contribution is -2.58. The zero-order valence-electron chi connectivity index (χ0n) is 15.4. The molecular weight excluding hydrogens is 420 g/mol. The zero-order valence-corrected chi connectivity index (χ0v) is 17.0. The molecule has 3 saturated heterocycles. The number of β-amino-alcohol motifs (C(OH)–C–C–N with tert-alkyl or cyclic N) is 1. The summed E-state index contributed by atoms with van der Waals surface area (Å²) < 4.78 is 6.11. The second-order valence-corrected chi connectivity index (χ2v) is 8.81. The van der Waals surface area contributed by atoms with Gasteiger partial charge in [0.25, 0.3) is 0 Å². The number of rotatable bonds is 7. The van der Waals surface area contributed by atoms with E-state index in [9.17, 15) is 24.6 Å². The number of aliphatic hydroxyl groups excluding tert-OH is 1. The van der Waals surface area contributed by atoms with Crippen molar-refractivity contribution < 1.29 is 29.3 Å². The third-order valence-corrected chi connectivity index (χ3v) is 6.73. The largest absolute Gasteiger partial charge is 0.481 e. The molecule has 2 amide bonds. The van der Waals surface area contributed by atoms with Crippen LogP contribution in [0.2, 0.25) is 0 Å². The van der Waals surface area contributed by atoms with Crippen molar-refractivity contribution in [3.8, 4) is 0 Å². The number of amides is 2. The lowest BCUT2D eigenvalue weighted by molar-refractivity contribution is -0.151. The Bertz CT molecular complexity index is 670. The van der Waals surface area contributed by atoms with E-state index in [-0.39, 0.29) is 29.9 Å². The van der Waals surface area contributed by atoms with Crippen molar-refractivity contribution in [3.63, 3.8) is 0 Å². The fourth-order valence-electron chi connectivity index (χ4n) is 4.89. The van der Waals surface area contributed by atoms with Gasteiger partial charge in [0.1, 0.15) is 11.6 Å². The molecule has 0 saturated carbocycles. The normalized spacial score (nSPS) is 37.0. The second kappa shape index (κ2) is 7.18. The van der Waals surface area contributed by atoms with E-state index in [1.54, 1.807) is 11.0 Å². The summed E-state index contributed by atoms with van der Waals surface area (Å²) >= 11 is 3.48. The van der Waals surface area contributed by atoms with E-state index < -0.39 is 41.5 Å². The summed E-state index contributed by atoms with van der Waals surface area (Å²) in [6.07, 6.45) is 1.33. The molecule has 0 aromatic carbocycles. The van der Waals surface area contributed by atoms with Gasteiger partial charge in [0, 0.05) is 24.0 Å². The van der Waals surface area contributed by atoms with Crippen molar-refractivity contribution >= 4 is 33.7 Å². The number of alkyl halides is 1. The first-order valence-electron chi connectivity index (χ1n) is 9.08. The summed E-state index contributed by atoms with van der Waals surface area (Å²) in [6, 6.07) is -1.09. The molecule has 2 bridgehead atoms. The van der Waals surface area contributed by atoms with Crippen molar-refractivity contribution in [1.82, 2.24) is 9.80 Å². The van der Waals surface area contributed by atoms with Gasteiger partial charge >= 0.3 is 5.97 Å². The lowest BCUT2D eigenvalue weighted by Gasteiger charge is -2.38. The maximum Gasteiger partial charge on any atom is 0.310 e. The van der Waals surface area contributed by atoms with Crippen molar-refractivity contribution in [2.24, 2.45) is 11.8 Å². The highest BCUT2D eigenvalue weighted by molar-refractivity contribution is 9.09. The Kier molecular flexibility index (Phi) is 5.39. The number of hydrogen-bond donors (Lipinski definition) is 2. The van der Waals surface area contributed by atoms with Crippen molar-refractivity contribution in [2.75, 3.05) is 19.7 Å². The van der Waals surface area contributed by atoms with Crippen molar-refractivity contribution in [1.29, 1.82) is 0 Å². The number of carboxylic acids is 1. The van der Waals surface area contributed by atoms with Crippen LogP contribution < -0.4 is 0 Å². The number of aliphatic carboxylic acids is 1. The highest BCUT2D eigenvalue weighted by Crippen LogP contribution is 2.60. The Morgan fingerprint density at radius 2 is 2.19 bits per heavy atom. The molecule has 0 aliphatic carbocycles. The summed E-state index contributed by atoms with van der Waals surface area (Å²) in [5.74, 6) is -3.78. The Labute approximate surface area is 166 Å². The minimum atomic E-state index is -1.19. The smallest absolute Gasteiger partial charge is 0.310 e. The number of fused-ring (bicyclic) bond motifs is 1. The number of carbonyl (C=O) groups excluding carboxylic acids is 2. The van der Waals surface area contributed by atoms with Gasteiger partial charge in [-0.15, -0.1) is 6.58 Å². The second-order valence-electron chi connectivity index (χ2n) is 7.63. The van der Waals surface area contributed by atoms with Crippen LogP contribution in [-0.4, -0.2) is 86.1 Å². The standard InChI is InChI=1S/C18H25BrN2O6/c1-4-5-20(9(2)3)16(24)14-18-8-10(19)13(27-18)11(17(25)26)12(18)15(23)21(14)6-7-22/h4,9-14,22H,1,5-8H2,2-3H3,(H,25,26)/t10?,11-,12-,13-,14?,18?/m0/s1. The van der Waals surface area contributed by atoms with E-state index >= 15 is 0 Å². The van der Waals surface area contributed by atoms with E-state index in [1.807, 2.05) is 13.8 Å². The van der Waals surface area contributed by atoms with Crippen LogP contribution in [0, 0.1) is 11.8 Å². The van der Waals surface area contributed by atoms with Gasteiger partial charge in [0.15, 0.2) is 0 Å². The molecular formula is C18H25BrN2O6. The molecule has 3 aliphatic heterocycles. The molecule has 3 aliphatic rings. The Hall–Kier alpha value is -1.45. The predicted molar refractivity (Wildman–Crippen MR) is 99.2 cm³/mol. The van der Waals surface area contributed by atoms with E-state index in [0.29, 0.717) is 13.0 Å². The van der Waals surface area contributed by atoms with Gasteiger partial charge in [-0.3, -0.25) is 14.4 Å². The Morgan fingerprint density at radius 3 is 2.70 bits per heavy atom. The SMILES string of the molecule is C=CCN(C(=O)C1N(CCO)C(=O)[C@@H]2[C@H](C(=O)O)[C@H]3OC12CC3Br)C(C)C. The molecule has 27 heavy (non-hydrogen) atoms. The number of ether oxygens (including phenoxy) is 1. The maximum absolute atomic E-state index is 13.5. The third kappa shape index (κ3) is 2.82. The van der Waals surface area contributed by atoms with Gasteiger partial charge < -0.3 is 24.7 Å². The summed E-state index contributed by atoms with van der Waals surface area (Å²) in [5, 5.41) is 19.2. The lowest BCUT2D eigenvalue weighted by atomic mass is 9.70. The van der Waals surface area contributed by atoms with Gasteiger partial charge in [0.05, 0.1) is 24.5 Å². The van der Waals surface area contributed by atoms with Crippen LogP contribution in [0.3, 0.4) is 0 Å². The fraction of sp³-hybridized carbons (Fsp3) is 0.722. The van der Waals surface area contributed by atoms with E-state index in [1.165, 1.54) is 4.90 Å². The van der Waals surface area contributed by atoms with Gasteiger partial charge in [0.2, 0.25) is 11.8 Å². The number of hydrogen-bond acceptors (Lipinski definition) is 5. The molecule has 3 fully saturated rings. The molecule has 3 heterocycles. The molecule has 2 N–H and O–H groups in total. The maximum atomic E-state index is 13.5. The van der Waals surface area contributed by atoms with Crippen LogP contribution in [0.4, 0.5) is 0 Å². The minimum Gasteiger partial charge on any atom is -0.481 e. The molecule has 0 radical (unpaired) electrons. The molecule has 8 nitrogen and oxygen atoms in total. The molecule has 150 valence electrons. The summed E-state index contributed by atoms with van der Waals surface area (Å²) in [7, 11) is 0. The number of likely N-dealkylation sites (tertiary alicyclic amines) is 1. The predicted octanol–water partition coefficient (Wildman–Crippen LogP) is 0.234. The van der Waals surface area contributed by atoms with Crippen molar-refractivity contribution in [3.05, 3.63) is 12.7 Å². The van der Waals surface area contributed by atoms with E-state index in [2.05, 4.69) is 22.5 Å². The molecule has 9 heteroatoms. The average Bonchev–Trinajstić information content (AvgIpc) is 3.17. The highest BCUT2D eigenvalue weighted by atomic mass is 79.9. The van der Waals surface area contributed by atoms with Crippen LogP contribution in [0.25, 0.3) is 0 Å². The monoisotopic (exact) mass is 444 g/mol.